The maximum atomic E-state index is 14.3. The van der Waals surface area contributed by atoms with Crippen molar-refractivity contribution in [2.75, 3.05) is 11.9 Å². The van der Waals surface area contributed by atoms with Crippen molar-refractivity contribution in [2.45, 2.75) is 6.92 Å². The van der Waals surface area contributed by atoms with E-state index < -0.39 is 11.8 Å². The van der Waals surface area contributed by atoms with Crippen LogP contribution in [0.1, 0.15) is 22.5 Å². The fourth-order valence-corrected chi connectivity index (χ4v) is 2.44. The first-order valence-corrected chi connectivity index (χ1v) is 7.35. The van der Waals surface area contributed by atoms with Gasteiger partial charge in [-0.1, -0.05) is 11.8 Å². The molecule has 0 fully saturated rings. The average molecular weight is 339 g/mol. The number of aromatic nitrogens is 2. The number of carbonyl (C=O) groups excluding carboxylic acids is 2. The number of hydrogen-bond donors (Lipinski definition) is 4. The number of nitrogens with zero attached hydrogens (tertiary/aromatic N) is 1. The molecule has 2 heterocycles. The number of benzene rings is 1. The number of hydrogen-bond acceptors (Lipinski definition) is 3. The fourth-order valence-electron chi connectivity index (χ4n) is 2.44. The molecule has 0 spiro atoms. The number of nitrogens with two attached hydrogens (primary N) is 1. The molecular weight excluding hydrogens is 325 g/mol. The lowest BCUT2D eigenvalue weighted by Crippen LogP contribution is -2.29. The van der Waals surface area contributed by atoms with E-state index in [2.05, 4.69) is 32.4 Å². The predicted octanol–water partition coefficient (Wildman–Crippen LogP) is 1.37. The number of halogens is 1. The topological polar surface area (TPSA) is 113 Å². The standard InChI is InChI=1S/C17H14FN5O2/c1-9-14(22-8-21-9)7-11-15-10(3-2-6-20-17(19)25)12(18)4-5-13(15)23-16(11)24/h4-5,7-8H,6H2,1H3,(H,21,22)(H,23,24)(H3,19,20,25). The molecule has 2 aromatic rings. The molecule has 7 nitrogen and oxygen atoms in total. The second-order valence-corrected chi connectivity index (χ2v) is 5.29. The van der Waals surface area contributed by atoms with E-state index in [1.165, 1.54) is 18.5 Å². The molecule has 3 rings (SSSR count). The number of aromatic amines is 1. The molecule has 0 atom stereocenters. The van der Waals surface area contributed by atoms with Crippen LogP contribution in [0.4, 0.5) is 14.9 Å². The highest BCUT2D eigenvalue weighted by Crippen LogP contribution is 2.36. The number of imidazole rings is 1. The van der Waals surface area contributed by atoms with Gasteiger partial charge in [-0.15, -0.1) is 0 Å². The van der Waals surface area contributed by atoms with E-state index in [9.17, 15) is 14.0 Å². The first kappa shape index (κ1) is 16.3. The molecule has 8 heteroatoms. The Balaban J connectivity index is 2.07. The van der Waals surface area contributed by atoms with E-state index in [-0.39, 0.29) is 23.6 Å². The molecule has 0 bridgehead atoms. The highest BCUT2D eigenvalue weighted by molar-refractivity contribution is 6.35. The summed E-state index contributed by atoms with van der Waals surface area (Å²) in [7, 11) is 0. The zero-order valence-corrected chi connectivity index (χ0v) is 13.2. The van der Waals surface area contributed by atoms with Crippen LogP contribution in [0.2, 0.25) is 0 Å². The van der Waals surface area contributed by atoms with E-state index in [1.54, 1.807) is 6.08 Å². The van der Waals surface area contributed by atoms with E-state index in [4.69, 9.17) is 5.73 Å². The Labute approximate surface area is 142 Å². The van der Waals surface area contributed by atoms with Gasteiger partial charge >= 0.3 is 6.03 Å². The van der Waals surface area contributed by atoms with Crippen molar-refractivity contribution in [3.8, 4) is 11.8 Å². The third kappa shape index (κ3) is 3.21. The van der Waals surface area contributed by atoms with Gasteiger partial charge in [-0.05, 0) is 25.1 Å². The molecule has 1 aliphatic heterocycles. The van der Waals surface area contributed by atoms with Gasteiger partial charge in [0.15, 0.2) is 0 Å². The van der Waals surface area contributed by atoms with E-state index in [0.29, 0.717) is 16.9 Å². The maximum Gasteiger partial charge on any atom is 0.312 e. The smallest absolute Gasteiger partial charge is 0.312 e. The van der Waals surface area contributed by atoms with E-state index in [0.717, 1.165) is 5.69 Å². The molecular formula is C17H14FN5O2. The van der Waals surface area contributed by atoms with Crippen molar-refractivity contribution in [3.63, 3.8) is 0 Å². The number of rotatable bonds is 2. The quantitative estimate of drug-likeness (QED) is 0.489. The lowest BCUT2D eigenvalue weighted by Gasteiger charge is -2.04. The van der Waals surface area contributed by atoms with Crippen molar-refractivity contribution in [2.24, 2.45) is 5.73 Å². The molecule has 0 aliphatic carbocycles. The van der Waals surface area contributed by atoms with Crippen molar-refractivity contribution in [3.05, 3.63) is 46.8 Å². The Morgan fingerprint density at radius 3 is 2.96 bits per heavy atom. The predicted molar refractivity (Wildman–Crippen MR) is 90.7 cm³/mol. The number of amides is 3. The molecule has 1 aromatic carbocycles. The van der Waals surface area contributed by atoms with Crippen LogP contribution in [0.15, 0.2) is 18.5 Å². The summed E-state index contributed by atoms with van der Waals surface area (Å²) in [6.07, 6.45) is 3.09. The first-order valence-electron chi connectivity index (χ1n) is 7.35. The summed E-state index contributed by atoms with van der Waals surface area (Å²) in [5.41, 5.74) is 7.51. The Morgan fingerprint density at radius 2 is 2.28 bits per heavy atom. The summed E-state index contributed by atoms with van der Waals surface area (Å²) >= 11 is 0. The summed E-state index contributed by atoms with van der Waals surface area (Å²) in [6, 6.07) is 1.99. The fraction of sp³-hybridized carbons (Fsp3) is 0.118. The Bertz CT molecular complexity index is 965. The Morgan fingerprint density at radius 1 is 1.48 bits per heavy atom. The number of nitrogens with one attached hydrogen (secondary N) is 3. The zero-order chi connectivity index (χ0) is 18.0. The lowest BCUT2D eigenvalue weighted by atomic mass is 9.99. The second-order valence-electron chi connectivity index (χ2n) is 5.29. The molecule has 0 saturated heterocycles. The van der Waals surface area contributed by atoms with Gasteiger partial charge in [0.2, 0.25) is 0 Å². The van der Waals surface area contributed by atoms with Crippen LogP contribution in [-0.2, 0) is 4.79 Å². The number of fused-ring (bicyclic) bond motifs is 1. The number of anilines is 1. The van der Waals surface area contributed by atoms with Crippen LogP contribution < -0.4 is 16.4 Å². The van der Waals surface area contributed by atoms with Gasteiger partial charge in [-0.3, -0.25) is 4.79 Å². The first-order chi connectivity index (χ1) is 12.0. The van der Waals surface area contributed by atoms with E-state index >= 15 is 0 Å². The van der Waals surface area contributed by atoms with Crippen LogP contribution in [-0.4, -0.2) is 28.5 Å². The normalized spacial score (nSPS) is 13.8. The lowest BCUT2D eigenvalue weighted by molar-refractivity contribution is -0.110. The summed E-state index contributed by atoms with van der Waals surface area (Å²) in [6.45, 7) is 1.78. The third-order valence-electron chi connectivity index (χ3n) is 3.63. The Hall–Kier alpha value is -3.60. The van der Waals surface area contributed by atoms with Crippen LogP contribution in [0.3, 0.4) is 0 Å². The minimum Gasteiger partial charge on any atom is -0.352 e. The molecule has 5 N–H and O–H groups in total. The summed E-state index contributed by atoms with van der Waals surface area (Å²) in [4.78, 5) is 30.0. The summed E-state index contributed by atoms with van der Waals surface area (Å²) in [5.74, 6) is 4.35. The van der Waals surface area contributed by atoms with Crippen molar-refractivity contribution < 1.29 is 14.0 Å². The van der Waals surface area contributed by atoms with Gasteiger partial charge in [0.05, 0.1) is 35.4 Å². The molecule has 1 aliphatic rings. The van der Waals surface area contributed by atoms with Crippen molar-refractivity contribution in [1.82, 2.24) is 15.3 Å². The zero-order valence-electron chi connectivity index (χ0n) is 13.2. The van der Waals surface area contributed by atoms with Gasteiger partial charge in [0.1, 0.15) is 5.82 Å². The van der Waals surface area contributed by atoms with Crippen molar-refractivity contribution in [1.29, 1.82) is 0 Å². The monoisotopic (exact) mass is 339 g/mol. The van der Waals surface area contributed by atoms with Crippen LogP contribution in [0.5, 0.6) is 0 Å². The highest BCUT2D eigenvalue weighted by Gasteiger charge is 2.28. The van der Waals surface area contributed by atoms with Gasteiger partial charge in [-0.25, -0.2) is 14.2 Å². The van der Waals surface area contributed by atoms with Gasteiger partial charge < -0.3 is 21.4 Å². The second kappa shape index (κ2) is 6.49. The van der Waals surface area contributed by atoms with Gasteiger partial charge in [0, 0.05) is 11.3 Å². The minimum atomic E-state index is -0.723. The van der Waals surface area contributed by atoms with Crippen LogP contribution in [0, 0.1) is 24.6 Å². The molecule has 3 amide bonds. The third-order valence-corrected chi connectivity index (χ3v) is 3.63. The van der Waals surface area contributed by atoms with Crippen LogP contribution in [0.25, 0.3) is 11.6 Å². The molecule has 0 radical (unpaired) electrons. The molecule has 0 unspecified atom stereocenters. The molecule has 0 saturated carbocycles. The highest BCUT2D eigenvalue weighted by atomic mass is 19.1. The van der Waals surface area contributed by atoms with Crippen molar-refractivity contribution >= 4 is 29.3 Å². The number of aryl methyl sites for hydroxylation is 1. The van der Waals surface area contributed by atoms with Gasteiger partial charge in [-0.2, -0.15) is 0 Å². The number of primary amides is 1. The largest absolute Gasteiger partial charge is 0.352 e. The molecule has 126 valence electrons. The number of H-pyrrole nitrogens is 1. The summed E-state index contributed by atoms with van der Waals surface area (Å²) < 4.78 is 14.3. The van der Waals surface area contributed by atoms with E-state index in [1.807, 2.05) is 6.92 Å². The molecule has 1 aromatic heterocycles. The number of carbonyl (C=O) groups is 2. The average Bonchev–Trinajstić information content (AvgIpc) is 3.10. The van der Waals surface area contributed by atoms with Crippen LogP contribution >= 0.6 is 0 Å². The molecule has 25 heavy (non-hydrogen) atoms. The Kier molecular flexibility index (Phi) is 4.22. The minimum absolute atomic E-state index is 0.0304. The number of urea groups is 1. The maximum absolute atomic E-state index is 14.3. The summed E-state index contributed by atoms with van der Waals surface area (Å²) in [5, 5.41) is 4.98. The SMILES string of the molecule is Cc1[nH]cnc1C=C1C(=O)Nc2ccc(F)c(C#CCNC(N)=O)c21. The van der Waals surface area contributed by atoms with Gasteiger partial charge in [0.25, 0.3) is 5.91 Å².